The zero-order valence-electron chi connectivity index (χ0n) is 10.1. The number of hydrogen-bond donors (Lipinski definition) is 0. The highest BCUT2D eigenvalue weighted by molar-refractivity contribution is 7.99. The maximum absolute atomic E-state index is 5.70. The van der Waals surface area contributed by atoms with Gasteiger partial charge >= 0.3 is 0 Å². The summed E-state index contributed by atoms with van der Waals surface area (Å²) in [5.41, 5.74) is 0. The van der Waals surface area contributed by atoms with Gasteiger partial charge < -0.3 is 4.90 Å². The van der Waals surface area contributed by atoms with Crippen LogP contribution in [0, 0.1) is 0 Å². The van der Waals surface area contributed by atoms with E-state index in [2.05, 4.69) is 23.9 Å². The average Bonchev–Trinajstić information content (AvgIpc) is 2.26. The van der Waals surface area contributed by atoms with Crippen molar-refractivity contribution < 1.29 is 4.84 Å². The van der Waals surface area contributed by atoms with Crippen molar-refractivity contribution in [1.82, 2.24) is 9.96 Å². The molecule has 1 fully saturated rings. The van der Waals surface area contributed by atoms with E-state index in [1.807, 2.05) is 11.8 Å². The molecule has 0 atom stereocenters. The van der Waals surface area contributed by atoms with Crippen LogP contribution in [0.3, 0.4) is 0 Å². The predicted octanol–water partition coefficient (Wildman–Crippen LogP) is 1.70. The Morgan fingerprint density at radius 3 is 2.53 bits per heavy atom. The van der Waals surface area contributed by atoms with Gasteiger partial charge in [-0.15, -0.1) is 0 Å². The van der Waals surface area contributed by atoms with Crippen LogP contribution in [0.2, 0.25) is 0 Å². The van der Waals surface area contributed by atoms with E-state index in [1.165, 1.54) is 24.3 Å². The molecular formula is C11H24N2OS. The Morgan fingerprint density at radius 1 is 1.13 bits per heavy atom. The molecule has 1 aliphatic heterocycles. The van der Waals surface area contributed by atoms with Crippen LogP contribution in [-0.2, 0) is 4.84 Å². The van der Waals surface area contributed by atoms with Crippen molar-refractivity contribution in [2.24, 2.45) is 0 Å². The molecule has 0 saturated carbocycles. The summed E-state index contributed by atoms with van der Waals surface area (Å²) in [6.07, 6.45) is 2.46. The zero-order valence-corrected chi connectivity index (χ0v) is 10.9. The van der Waals surface area contributed by atoms with E-state index in [0.717, 1.165) is 32.8 Å². The van der Waals surface area contributed by atoms with E-state index in [1.54, 1.807) is 0 Å². The van der Waals surface area contributed by atoms with Crippen molar-refractivity contribution in [2.45, 2.75) is 19.8 Å². The highest BCUT2D eigenvalue weighted by atomic mass is 32.2. The molecule has 0 aliphatic carbocycles. The van der Waals surface area contributed by atoms with E-state index in [4.69, 9.17) is 4.84 Å². The minimum Gasteiger partial charge on any atom is -0.304 e. The lowest BCUT2D eigenvalue weighted by molar-refractivity contribution is -0.174. The van der Waals surface area contributed by atoms with Crippen LogP contribution in [0.1, 0.15) is 19.8 Å². The van der Waals surface area contributed by atoms with Crippen LogP contribution in [0.5, 0.6) is 0 Å². The Labute approximate surface area is 98.1 Å². The SMILES string of the molecule is CCCSCCCON1CCN(C)CC1. The van der Waals surface area contributed by atoms with E-state index < -0.39 is 0 Å². The normalized spacial score (nSPS) is 19.6. The van der Waals surface area contributed by atoms with E-state index in [9.17, 15) is 0 Å². The number of hydroxylamine groups is 2. The molecule has 0 spiro atoms. The highest BCUT2D eigenvalue weighted by Crippen LogP contribution is 2.05. The minimum atomic E-state index is 0.889. The first-order valence-electron chi connectivity index (χ1n) is 5.97. The largest absolute Gasteiger partial charge is 0.304 e. The molecule has 0 aromatic rings. The summed E-state index contributed by atoms with van der Waals surface area (Å²) >= 11 is 2.03. The number of nitrogens with zero attached hydrogens (tertiary/aromatic N) is 2. The Kier molecular flexibility index (Phi) is 7.44. The topological polar surface area (TPSA) is 15.7 Å². The fraction of sp³-hybridized carbons (Fsp3) is 1.00. The van der Waals surface area contributed by atoms with Crippen LogP contribution in [0.4, 0.5) is 0 Å². The molecule has 0 radical (unpaired) electrons. The first-order chi connectivity index (χ1) is 7.33. The van der Waals surface area contributed by atoms with Gasteiger partial charge in [-0.05, 0) is 31.4 Å². The van der Waals surface area contributed by atoms with E-state index in [-0.39, 0.29) is 0 Å². The molecule has 0 bridgehead atoms. The number of likely N-dealkylation sites (N-methyl/N-ethyl adjacent to an activating group) is 1. The summed E-state index contributed by atoms with van der Waals surface area (Å²) in [7, 11) is 2.17. The second-order valence-electron chi connectivity index (χ2n) is 4.03. The van der Waals surface area contributed by atoms with Crippen molar-refractivity contribution in [2.75, 3.05) is 51.3 Å². The first kappa shape index (κ1) is 13.3. The third-order valence-electron chi connectivity index (χ3n) is 2.52. The fourth-order valence-corrected chi connectivity index (χ4v) is 2.33. The van der Waals surface area contributed by atoms with Crippen molar-refractivity contribution >= 4 is 11.8 Å². The molecule has 0 aromatic carbocycles. The van der Waals surface area contributed by atoms with Gasteiger partial charge in [0.1, 0.15) is 0 Å². The van der Waals surface area contributed by atoms with Gasteiger partial charge in [0.2, 0.25) is 0 Å². The van der Waals surface area contributed by atoms with Crippen molar-refractivity contribution in [3.8, 4) is 0 Å². The molecule has 1 aliphatic rings. The summed E-state index contributed by atoms with van der Waals surface area (Å²) in [5.74, 6) is 2.52. The lowest BCUT2D eigenvalue weighted by Crippen LogP contribution is -2.44. The van der Waals surface area contributed by atoms with Gasteiger partial charge in [0.25, 0.3) is 0 Å². The number of piperazine rings is 1. The van der Waals surface area contributed by atoms with E-state index in [0.29, 0.717) is 0 Å². The number of rotatable bonds is 7. The van der Waals surface area contributed by atoms with Crippen LogP contribution < -0.4 is 0 Å². The Morgan fingerprint density at radius 2 is 1.87 bits per heavy atom. The van der Waals surface area contributed by atoms with Crippen LogP contribution in [0.15, 0.2) is 0 Å². The van der Waals surface area contributed by atoms with Crippen LogP contribution in [-0.4, -0.2) is 61.3 Å². The Hall–Kier alpha value is 0.230. The average molecular weight is 232 g/mol. The van der Waals surface area contributed by atoms with E-state index >= 15 is 0 Å². The zero-order chi connectivity index (χ0) is 10.9. The molecule has 0 unspecified atom stereocenters. The van der Waals surface area contributed by atoms with Gasteiger partial charge in [-0.3, -0.25) is 4.84 Å². The van der Waals surface area contributed by atoms with Gasteiger partial charge in [0, 0.05) is 26.2 Å². The molecule has 4 heteroatoms. The third kappa shape index (κ3) is 6.40. The van der Waals surface area contributed by atoms with Crippen molar-refractivity contribution in [3.63, 3.8) is 0 Å². The summed E-state index contributed by atoms with van der Waals surface area (Å²) in [4.78, 5) is 8.05. The molecule has 90 valence electrons. The van der Waals surface area contributed by atoms with Gasteiger partial charge in [0.15, 0.2) is 0 Å². The van der Waals surface area contributed by atoms with Gasteiger partial charge in [-0.1, -0.05) is 6.92 Å². The van der Waals surface area contributed by atoms with Crippen molar-refractivity contribution in [3.05, 3.63) is 0 Å². The van der Waals surface area contributed by atoms with Gasteiger partial charge in [-0.2, -0.15) is 16.8 Å². The highest BCUT2D eigenvalue weighted by Gasteiger charge is 2.13. The monoisotopic (exact) mass is 232 g/mol. The summed E-state index contributed by atoms with van der Waals surface area (Å²) < 4.78 is 0. The minimum absolute atomic E-state index is 0.889. The lowest BCUT2D eigenvalue weighted by atomic mass is 10.4. The smallest absolute Gasteiger partial charge is 0.0693 e. The molecule has 0 aromatic heterocycles. The molecule has 0 N–H and O–H groups in total. The molecule has 0 amide bonds. The fourth-order valence-electron chi connectivity index (χ4n) is 1.52. The predicted molar refractivity (Wildman–Crippen MR) is 67.3 cm³/mol. The lowest BCUT2D eigenvalue weighted by Gasteiger charge is -2.31. The maximum Gasteiger partial charge on any atom is 0.0693 e. The summed E-state index contributed by atoms with van der Waals surface area (Å²) in [5, 5.41) is 2.12. The molecule has 1 saturated heterocycles. The number of hydrogen-bond acceptors (Lipinski definition) is 4. The molecule has 1 heterocycles. The van der Waals surface area contributed by atoms with Crippen molar-refractivity contribution in [1.29, 1.82) is 0 Å². The van der Waals surface area contributed by atoms with Crippen LogP contribution >= 0.6 is 11.8 Å². The molecule has 3 nitrogen and oxygen atoms in total. The van der Waals surface area contributed by atoms with Gasteiger partial charge in [0.05, 0.1) is 6.61 Å². The Balaban J connectivity index is 1.87. The summed E-state index contributed by atoms with van der Waals surface area (Å²) in [6.45, 7) is 7.49. The van der Waals surface area contributed by atoms with Crippen LogP contribution in [0.25, 0.3) is 0 Å². The molecule has 1 rings (SSSR count). The second-order valence-corrected chi connectivity index (χ2v) is 5.26. The Bertz CT molecular complexity index is 150. The van der Waals surface area contributed by atoms with Gasteiger partial charge in [-0.25, -0.2) is 0 Å². The quantitative estimate of drug-likeness (QED) is 0.621. The standard InChI is InChI=1S/C11H24N2OS/c1-3-10-15-11-4-9-14-13-7-5-12(2)6-8-13/h3-11H2,1-2H3. The molecule has 15 heavy (non-hydrogen) atoms. The first-order valence-corrected chi connectivity index (χ1v) is 7.12. The molecular weight excluding hydrogens is 208 g/mol. The maximum atomic E-state index is 5.70. The second kappa shape index (κ2) is 8.39. The number of thioether (sulfide) groups is 1. The third-order valence-corrected chi connectivity index (χ3v) is 3.79. The summed E-state index contributed by atoms with van der Waals surface area (Å²) in [6, 6.07) is 0.